The van der Waals surface area contributed by atoms with E-state index in [0.29, 0.717) is 31.2 Å². The molecule has 8 atom stereocenters. The van der Waals surface area contributed by atoms with E-state index >= 15 is 0 Å². The number of ether oxygens (including phenoxy) is 1. The summed E-state index contributed by atoms with van der Waals surface area (Å²) in [5, 5.41) is 13.6. The summed E-state index contributed by atoms with van der Waals surface area (Å²) >= 11 is 1.35. The van der Waals surface area contributed by atoms with Crippen molar-refractivity contribution in [2.45, 2.75) is 208 Å². The van der Waals surface area contributed by atoms with Crippen LogP contribution in [0.25, 0.3) is 0 Å². The van der Waals surface area contributed by atoms with Gasteiger partial charge in [0, 0.05) is 35.5 Å². The first kappa shape index (κ1) is 49.1. The Morgan fingerprint density at radius 1 is 0.800 bits per heavy atom. The summed E-state index contributed by atoms with van der Waals surface area (Å²) in [6.07, 6.45) is 24.8. The van der Waals surface area contributed by atoms with Gasteiger partial charge in [0.25, 0.3) is 0 Å². The summed E-state index contributed by atoms with van der Waals surface area (Å²) < 4.78 is 6.10. The number of primary amides is 1. The van der Waals surface area contributed by atoms with Gasteiger partial charge in [0.15, 0.2) is 5.12 Å². The number of nitrogens with zero attached hydrogens (tertiary/aromatic N) is 1. The molecule has 316 valence electrons. The molecule has 0 heterocycles. The SMILES string of the molecule is CCCCCCCCCCCCNC(=O)C(C)(CC(C)C(=O)SCCCCCCCC)CC(CC(C#N)CC(C)(CC)C(=O)OC1CC2CCC1C2)C(N)=O. The highest BCUT2D eigenvalue weighted by Gasteiger charge is 2.46. The first-order valence-corrected chi connectivity index (χ1v) is 23.7. The van der Waals surface area contributed by atoms with Crippen molar-refractivity contribution in [2.24, 2.45) is 46.2 Å². The van der Waals surface area contributed by atoms with Crippen LogP contribution < -0.4 is 11.1 Å². The lowest BCUT2D eigenvalue weighted by Crippen LogP contribution is -2.44. The molecule has 0 radical (unpaired) electrons. The Morgan fingerprint density at radius 2 is 1.38 bits per heavy atom. The highest BCUT2D eigenvalue weighted by Crippen LogP contribution is 2.47. The second-order valence-corrected chi connectivity index (χ2v) is 19.2. The third kappa shape index (κ3) is 17.9. The van der Waals surface area contributed by atoms with Crippen molar-refractivity contribution in [3.63, 3.8) is 0 Å². The van der Waals surface area contributed by atoms with Gasteiger partial charge < -0.3 is 15.8 Å². The third-order valence-corrected chi connectivity index (χ3v) is 14.2. The fourth-order valence-corrected chi connectivity index (χ4v) is 10.1. The van der Waals surface area contributed by atoms with E-state index in [0.717, 1.165) is 57.1 Å². The van der Waals surface area contributed by atoms with Crippen LogP contribution >= 0.6 is 11.8 Å². The lowest BCUT2D eigenvalue weighted by Gasteiger charge is -2.35. The monoisotopic (exact) mass is 788 g/mol. The standard InChI is InChI=1S/C46H81N3O5S/c1-7-10-12-14-16-17-18-19-20-22-26-49-43(52)46(6,31-35(4)42(51)55-27-23-21-15-13-11-8-2)33-39(41(48)50)29-37(34-47)32-45(5,9-3)44(53)54-40-30-36-24-25-38(40)28-36/h35-40H,7-33H2,1-6H3,(H2,48,50)(H,49,52). The summed E-state index contributed by atoms with van der Waals surface area (Å²) in [6, 6.07) is 2.37. The molecule has 3 N–H and O–H groups in total. The Hall–Kier alpha value is -2.08. The normalized spacial score (nSPS) is 21.5. The number of hydrogen-bond donors (Lipinski definition) is 2. The predicted molar refractivity (Wildman–Crippen MR) is 227 cm³/mol. The second kappa shape index (κ2) is 26.8. The number of nitrogens with two attached hydrogens (primary N) is 1. The van der Waals surface area contributed by atoms with Crippen molar-refractivity contribution in [1.82, 2.24) is 5.32 Å². The molecule has 0 aromatic heterocycles. The van der Waals surface area contributed by atoms with Gasteiger partial charge in [-0.1, -0.05) is 136 Å². The number of hydrogen-bond acceptors (Lipinski definition) is 7. The van der Waals surface area contributed by atoms with Crippen LogP contribution in [0.1, 0.15) is 202 Å². The Balaban J connectivity index is 2.07. The van der Waals surface area contributed by atoms with Crippen LogP contribution in [-0.2, 0) is 23.9 Å². The minimum absolute atomic E-state index is 0.0378. The van der Waals surface area contributed by atoms with E-state index in [9.17, 15) is 24.4 Å². The zero-order valence-electron chi connectivity index (χ0n) is 36.0. The van der Waals surface area contributed by atoms with Crippen molar-refractivity contribution in [1.29, 1.82) is 5.26 Å². The largest absolute Gasteiger partial charge is 0.462 e. The van der Waals surface area contributed by atoms with Gasteiger partial charge in [-0.2, -0.15) is 5.26 Å². The molecule has 2 bridgehead atoms. The molecule has 55 heavy (non-hydrogen) atoms. The molecule has 0 saturated heterocycles. The minimum Gasteiger partial charge on any atom is -0.462 e. The topological polar surface area (TPSA) is 139 Å². The van der Waals surface area contributed by atoms with E-state index in [1.54, 1.807) is 0 Å². The first-order chi connectivity index (χ1) is 26.3. The summed E-state index contributed by atoms with van der Waals surface area (Å²) in [4.78, 5) is 54.1. The minimum atomic E-state index is -1.04. The van der Waals surface area contributed by atoms with Crippen LogP contribution in [0.3, 0.4) is 0 Å². The van der Waals surface area contributed by atoms with E-state index in [4.69, 9.17) is 10.5 Å². The van der Waals surface area contributed by atoms with E-state index in [2.05, 4.69) is 25.2 Å². The van der Waals surface area contributed by atoms with Gasteiger partial charge in [-0.15, -0.1) is 0 Å². The molecule has 2 aliphatic rings. The van der Waals surface area contributed by atoms with Crippen molar-refractivity contribution in [3.05, 3.63) is 0 Å². The first-order valence-electron chi connectivity index (χ1n) is 22.7. The molecule has 8 nitrogen and oxygen atoms in total. The average molecular weight is 788 g/mol. The summed E-state index contributed by atoms with van der Waals surface area (Å²) in [6.45, 7) is 12.5. The van der Waals surface area contributed by atoms with Crippen LogP contribution in [-0.4, -0.2) is 41.3 Å². The second-order valence-electron chi connectivity index (χ2n) is 18.1. The third-order valence-electron chi connectivity index (χ3n) is 13.0. The Morgan fingerprint density at radius 3 is 1.89 bits per heavy atom. The van der Waals surface area contributed by atoms with Crippen LogP contribution in [0.5, 0.6) is 0 Å². The maximum atomic E-state index is 14.1. The quantitative estimate of drug-likeness (QED) is 0.0511. The molecular weight excluding hydrogens is 707 g/mol. The van der Waals surface area contributed by atoms with Gasteiger partial charge in [-0.25, -0.2) is 0 Å². The summed E-state index contributed by atoms with van der Waals surface area (Å²) in [5.41, 5.74) is 4.13. The van der Waals surface area contributed by atoms with E-state index in [1.165, 1.54) is 88.8 Å². The average Bonchev–Trinajstić information content (AvgIpc) is 3.79. The highest BCUT2D eigenvalue weighted by molar-refractivity contribution is 8.13. The predicted octanol–water partition coefficient (Wildman–Crippen LogP) is 11.2. The smallest absolute Gasteiger partial charge is 0.312 e. The number of esters is 1. The number of thioether (sulfide) groups is 1. The van der Waals surface area contributed by atoms with Gasteiger partial charge in [0.05, 0.1) is 11.5 Å². The van der Waals surface area contributed by atoms with Gasteiger partial charge in [0.2, 0.25) is 11.8 Å². The Labute approximate surface area is 340 Å². The van der Waals surface area contributed by atoms with Gasteiger partial charge in [-0.3, -0.25) is 19.2 Å². The maximum absolute atomic E-state index is 14.1. The summed E-state index contributed by atoms with van der Waals surface area (Å²) in [5.74, 6) is -0.904. The molecule has 0 aliphatic heterocycles. The number of fused-ring (bicyclic) bond motifs is 2. The lowest BCUT2D eigenvalue weighted by molar-refractivity contribution is -0.164. The number of carbonyl (C=O) groups excluding carboxylic acids is 4. The number of nitrogens with one attached hydrogen (secondary N) is 1. The maximum Gasteiger partial charge on any atom is 0.312 e. The number of amides is 2. The molecule has 0 spiro atoms. The van der Waals surface area contributed by atoms with Crippen LogP contribution in [0.15, 0.2) is 0 Å². The van der Waals surface area contributed by atoms with Crippen molar-refractivity contribution >= 4 is 34.7 Å². The van der Waals surface area contributed by atoms with Gasteiger partial charge >= 0.3 is 5.97 Å². The molecule has 8 unspecified atom stereocenters. The number of carbonyl (C=O) groups is 4. The van der Waals surface area contributed by atoms with Crippen LogP contribution in [0, 0.1) is 51.8 Å². The fourth-order valence-electron chi connectivity index (χ4n) is 9.15. The molecule has 2 amide bonds. The highest BCUT2D eigenvalue weighted by atomic mass is 32.2. The fraction of sp³-hybridized carbons (Fsp3) is 0.891. The molecule has 9 heteroatoms. The number of nitriles is 1. The Kier molecular flexibility index (Phi) is 23.9. The molecule has 0 aromatic carbocycles. The number of unbranched alkanes of at least 4 members (excludes halogenated alkanes) is 14. The van der Waals surface area contributed by atoms with Crippen molar-refractivity contribution in [3.8, 4) is 6.07 Å². The van der Waals surface area contributed by atoms with Crippen molar-refractivity contribution in [2.75, 3.05) is 12.3 Å². The van der Waals surface area contributed by atoms with Crippen molar-refractivity contribution < 1.29 is 23.9 Å². The zero-order valence-corrected chi connectivity index (χ0v) is 36.8. The van der Waals surface area contributed by atoms with E-state index in [-0.39, 0.29) is 48.3 Å². The molecular formula is C46H81N3O5S. The summed E-state index contributed by atoms with van der Waals surface area (Å²) in [7, 11) is 0. The van der Waals surface area contributed by atoms with E-state index < -0.39 is 28.6 Å². The van der Waals surface area contributed by atoms with Gasteiger partial charge in [-0.05, 0) is 89.4 Å². The van der Waals surface area contributed by atoms with Crippen LogP contribution in [0.2, 0.25) is 0 Å². The molecule has 0 aromatic rings. The van der Waals surface area contributed by atoms with E-state index in [1.807, 2.05) is 27.7 Å². The zero-order chi connectivity index (χ0) is 40.7. The lowest BCUT2D eigenvalue weighted by atomic mass is 9.70. The molecule has 2 fully saturated rings. The Bertz CT molecular complexity index is 1190. The molecule has 2 rings (SSSR count). The molecule has 2 aliphatic carbocycles. The molecule has 2 saturated carbocycles. The van der Waals surface area contributed by atoms with Crippen LogP contribution in [0.4, 0.5) is 0 Å². The number of rotatable bonds is 32. The van der Waals surface area contributed by atoms with Gasteiger partial charge in [0.1, 0.15) is 6.10 Å².